The first-order valence-corrected chi connectivity index (χ1v) is 7.64. The Morgan fingerprint density at radius 3 is 2.79 bits per heavy atom. The molecular weight excluding hydrogens is 282 g/mol. The van der Waals surface area contributed by atoms with Crippen LogP contribution < -0.4 is 5.32 Å². The van der Waals surface area contributed by atoms with Crippen molar-refractivity contribution in [1.82, 2.24) is 5.32 Å². The van der Waals surface area contributed by atoms with Gasteiger partial charge in [0.25, 0.3) is 0 Å². The van der Waals surface area contributed by atoms with E-state index in [1.807, 2.05) is 20.0 Å². The first-order valence-electron chi connectivity index (χ1n) is 5.60. The van der Waals surface area contributed by atoms with E-state index >= 15 is 0 Å². The lowest BCUT2D eigenvalue weighted by Crippen LogP contribution is -2.13. The molecule has 0 amide bonds. The molecule has 102 valence electrons. The number of nitrogens with one attached hydrogen (secondary N) is 1. The molecule has 0 radical (unpaired) electrons. The lowest BCUT2D eigenvalue weighted by Gasteiger charge is -2.03. The molecule has 0 aliphatic heterocycles. The third kappa shape index (κ3) is 3.72. The number of aliphatic imine (C=N–C) groups is 1. The molecule has 19 heavy (non-hydrogen) atoms. The summed E-state index contributed by atoms with van der Waals surface area (Å²) in [7, 11) is 0. The quantitative estimate of drug-likeness (QED) is 0.305. The van der Waals surface area contributed by atoms with Gasteiger partial charge in [-0.05, 0) is 32.6 Å². The average Bonchev–Trinajstić information content (AvgIpc) is 2.64. The Kier molecular flexibility index (Phi) is 5.86. The van der Waals surface area contributed by atoms with Crippen LogP contribution >= 0.6 is 23.1 Å². The second-order valence-electron chi connectivity index (χ2n) is 3.54. The molecule has 1 aromatic rings. The molecule has 0 spiro atoms. The average molecular weight is 297 g/mol. The van der Waals surface area contributed by atoms with E-state index in [0.717, 1.165) is 10.4 Å². The second kappa shape index (κ2) is 7.16. The van der Waals surface area contributed by atoms with Crippen LogP contribution in [-0.4, -0.2) is 24.0 Å². The highest BCUT2D eigenvalue weighted by Gasteiger charge is 2.20. The van der Waals surface area contributed by atoms with E-state index in [0.29, 0.717) is 22.3 Å². The summed E-state index contributed by atoms with van der Waals surface area (Å²) in [6, 6.07) is 0. The molecule has 7 heteroatoms. The second-order valence-corrected chi connectivity index (χ2v) is 5.54. The zero-order valence-electron chi connectivity index (χ0n) is 11.2. The van der Waals surface area contributed by atoms with Gasteiger partial charge < -0.3 is 4.74 Å². The van der Waals surface area contributed by atoms with Gasteiger partial charge in [-0.2, -0.15) is 5.26 Å². The van der Waals surface area contributed by atoms with E-state index in [-0.39, 0.29) is 5.97 Å². The molecule has 1 rings (SSSR count). The third-order valence-corrected chi connectivity index (χ3v) is 4.09. The van der Waals surface area contributed by atoms with Gasteiger partial charge in [0.2, 0.25) is 0 Å². The molecule has 0 atom stereocenters. The van der Waals surface area contributed by atoms with Crippen LogP contribution in [0.4, 0.5) is 5.00 Å². The van der Waals surface area contributed by atoms with Gasteiger partial charge in [-0.25, -0.2) is 9.79 Å². The zero-order valence-corrected chi connectivity index (χ0v) is 12.9. The van der Waals surface area contributed by atoms with Crippen LogP contribution in [0.3, 0.4) is 0 Å². The molecule has 0 aliphatic carbocycles. The topological polar surface area (TPSA) is 74.5 Å². The highest BCUT2D eigenvalue weighted by atomic mass is 32.2. The smallest absolute Gasteiger partial charge is 0.341 e. The summed E-state index contributed by atoms with van der Waals surface area (Å²) in [5.41, 5.74) is 1.36. The summed E-state index contributed by atoms with van der Waals surface area (Å²) in [5.74, 6) is -0.375. The lowest BCUT2D eigenvalue weighted by atomic mass is 10.1. The number of amidine groups is 1. The highest BCUT2D eigenvalue weighted by molar-refractivity contribution is 8.13. The van der Waals surface area contributed by atoms with Gasteiger partial charge in [-0.1, -0.05) is 11.8 Å². The molecule has 1 N–H and O–H groups in total. The number of nitriles is 1. The Bertz CT molecular complexity index is 544. The van der Waals surface area contributed by atoms with Gasteiger partial charge in [0.15, 0.2) is 11.4 Å². The van der Waals surface area contributed by atoms with Crippen molar-refractivity contribution in [3.63, 3.8) is 0 Å². The van der Waals surface area contributed by atoms with Crippen LogP contribution in [0.15, 0.2) is 4.99 Å². The van der Waals surface area contributed by atoms with Gasteiger partial charge in [-0.15, -0.1) is 11.3 Å². The zero-order chi connectivity index (χ0) is 14.4. The molecule has 0 saturated carbocycles. The Hall–Kier alpha value is -1.52. The number of hydrogen-bond acceptors (Lipinski definition) is 6. The van der Waals surface area contributed by atoms with Crippen LogP contribution in [0.25, 0.3) is 0 Å². The summed E-state index contributed by atoms with van der Waals surface area (Å²) in [4.78, 5) is 17.3. The van der Waals surface area contributed by atoms with Crippen LogP contribution in [0, 0.1) is 25.3 Å². The van der Waals surface area contributed by atoms with Crippen LogP contribution in [0.2, 0.25) is 0 Å². The maximum atomic E-state index is 12.0. The first-order chi connectivity index (χ1) is 9.04. The standard InChI is InChI=1S/C12H15N3O2S2/c1-5-17-11(16)9-7(2)8(3)19-10(9)15-12(18-4)14-6-13/h5H2,1-4H3,(H,14,15). The van der Waals surface area contributed by atoms with Gasteiger partial charge in [-0.3, -0.25) is 5.32 Å². The summed E-state index contributed by atoms with van der Waals surface area (Å²) >= 11 is 2.72. The van der Waals surface area contributed by atoms with Gasteiger partial charge in [0.1, 0.15) is 5.00 Å². The lowest BCUT2D eigenvalue weighted by molar-refractivity contribution is 0.0527. The predicted octanol–water partition coefficient (Wildman–Crippen LogP) is 2.96. The maximum absolute atomic E-state index is 12.0. The first kappa shape index (κ1) is 15.5. The summed E-state index contributed by atoms with van der Waals surface area (Å²) in [6.07, 6.45) is 3.63. The molecule has 0 aromatic carbocycles. The van der Waals surface area contributed by atoms with E-state index < -0.39 is 0 Å². The van der Waals surface area contributed by atoms with Crippen molar-refractivity contribution in [1.29, 1.82) is 5.26 Å². The van der Waals surface area contributed by atoms with Crippen molar-refractivity contribution in [2.45, 2.75) is 20.8 Å². The Balaban J connectivity index is 3.25. The number of aryl methyl sites for hydroxylation is 1. The van der Waals surface area contributed by atoms with Crippen LogP contribution in [0.5, 0.6) is 0 Å². The fourth-order valence-corrected chi connectivity index (χ4v) is 2.80. The Morgan fingerprint density at radius 1 is 1.58 bits per heavy atom. The maximum Gasteiger partial charge on any atom is 0.341 e. The minimum Gasteiger partial charge on any atom is -0.462 e. The van der Waals surface area contributed by atoms with E-state index in [9.17, 15) is 4.79 Å². The number of rotatable bonds is 3. The Labute approximate surface area is 120 Å². The minimum atomic E-state index is -0.375. The Morgan fingerprint density at radius 2 is 2.26 bits per heavy atom. The van der Waals surface area contributed by atoms with Crippen molar-refractivity contribution in [2.75, 3.05) is 12.9 Å². The van der Waals surface area contributed by atoms with Gasteiger partial charge >= 0.3 is 5.97 Å². The molecule has 0 unspecified atom stereocenters. The molecule has 1 aromatic heterocycles. The van der Waals surface area contributed by atoms with Gasteiger partial charge in [0.05, 0.1) is 12.2 Å². The fraction of sp³-hybridized carbons (Fsp3) is 0.417. The number of ether oxygens (including phenoxy) is 1. The minimum absolute atomic E-state index is 0.322. The number of carbonyl (C=O) groups excluding carboxylic acids is 1. The predicted molar refractivity (Wildman–Crippen MR) is 79.1 cm³/mol. The summed E-state index contributed by atoms with van der Waals surface area (Å²) in [6.45, 7) is 5.88. The van der Waals surface area contributed by atoms with Crippen LogP contribution in [-0.2, 0) is 4.74 Å². The molecule has 0 fully saturated rings. The highest BCUT2D eigenvalue weighted by Crippen LogP contribution is 2.35. The van der Waals surface area contributed by atoms with Gasteiger partial charge in [0, 0.05) is 4.88 Å². The number of esters is 1. The number of thioether (sulfide) groups is 1. The molecule has 0 aliphatic rings. The molecule has 1 heterocycles. The third-order valence-electron chi connectivity index (χ3n) is 2.41. The van der Waals surface area contributed by atoms with Crippen molar-refractivity contribution in [3.05, 3.63) is 16.0 Å². The largest absolute Gasteiger partial charge is 0.462 e. The number of carbonyl (C=O) groups is 1. The SMILES string of the molecule is CCOC(=O)c1c(/N=C(/NC#N)SC)sc(C)c1C. The van der Waals surface area contributed by atoms with E-state index in [1.165, 1.54) is 23.1 Å². The monoisotopic (exact) mass is 297 g/mol. The molecular formula is C12H15N3O2S2. The van der Waals surface area contributed by atoms with E-state index in [2.05, 4.69) is 10.3 Å². The van der Waals surface area contributed by atoms with Crippen LogP contribution in [0.1, 0.15) is 27.7 Å². The fourth-order valence-electron chi connectivity index (χ4n) is 1.40. The summed E-state index contributed by atoms with van der Waals surface area (Å²) < 4.78 is 5.04. The van der Waals surface area contributed by atoms with Crippen molar-refractivity contribution >= 4 is 39.2 Å². The van der Waals surface area contributed by atoms with Crippen molar-refractivity contribution in [3.8, 4) is 6.19 Å². The summed E-state index contributed by atoms with van der Waals surface area (Å²) in [5, 5.41) is 12.1. The number of thiophene rings is 1. The number of hydrogen-bond donors (Lipinski definition) is 1. The van der Waals surface area contributed by atoms with Crippen molar-refractivity contribution in [2.24, 2.45) is 4.99 Å². The van der Waals surface area contributed by atoms with Crippen molar-refractivity contribution < 1.29 is 9.53 Å². The number of nitrogens with zero attached hydrogens (tertiary/aromatic N) is 2. The van der Waals surface area contributed by atoms with E-state index in [1.54, 1.807) is 13.2 Å². The van der Waals surface area contributed by atoms with E-state index in [4.69, 9.17) is 10.00 Å². The molecule has 0 saturated heterocycles. The molecule has 5 nitrogen and oxygen atoms in total. The normalized spacial score (nSPS) is 11.0. The molecule has 0 bridgehead atoms.